The van der Waals surface area contributed by atoms with Crippen molar-refractivity contribution in [2.24, 2.45) is 0 Å². The highest BCUT2D eigenvalue weighted by molar-refractivity contribution is 5.79. The van der Waals surface area contributed by atoms with E-state index in [0.29, 0.717) is 43.8 Å². The molecule has 1 aromatic heterocycles. The molecule has 3 rings (SSSR count). The SMILES string of the molecule is CN(C)CCCn1c(OCC(=O)N2CCOCC2)nc2ccccc2c1=O. The van der Waals surface area contributed by atoms with Crippen LogP contribution in [-0.2, 0) is 16.1 Å². The molecule has 0 unspecified atom stereocenters. The number of rotatable bonds is 7. The van der Waals surface area contributed by atoms with Crippen LogP contribution in [0.2, 0.25) is 0 Å². The van der Waals surface area contributed by atoms with Gasteiger partial charge in [-0.05, 0) is 39.2 Å². The van der Waals surface area contributed by atoms with Crippen LogP contribution in [0.4, 0.5) is 0 Å². The van der Waals surface area contributed by atoms with E-state index >= 15 is 0 Å². The number of fused-ring (bicyclic) bond motifs is 1. The van der Waals surface area contributed by atoms with Crippen molar-refractivity contribution in [3.05, 3.63) is 34.6 Å². The first-order chi connectivity index (χ1) is 13.1. The number of nitrogens with zero attached hydrogens (tertiary/aromatic N) is 4. The number of para-hydroxylation sites is 1. The van der Waals surface area contributed by atoms with Gasteiger partial charge < -0.3 is 19.3 Å². The second-order valence-electron chi connectivity index (χ2n) is 6.81. The molecule has 0 aliphatic carbocycles. The zero-order valence-corrected chi connectivity index (χ0v) is 15.9. The first-order valence-electron chi connectivity index (χ1n) is 9.19. The van der Waals surface area contributed by atoms with E-state index in [-0.39, 0.29) is 24.1 Å². The number of aromatic nitrogens is 2. The Morgan fingerprint density at radius 2 is 2.00 bits per heavy atom. The van der Waals surface area contributed by atoms with E-state index in [1.54, 1.807) is 17.0 Å². The summed E-state index contributed by atoms with van der Waals surface area (Å²) >= 11 is 0. The highest BCUT2D eigenvalue weighted by Crippen LogP contribution is 2.14. The van der Waals surface area contributed by atoms with Gasteiger partial charge in [-0.3, -0.25) is 14.2 Å². The minimum Gasteiger partial charge on any atom is -0.454 e. The van der Waals surface area contributed by atoms with E-state index < -0.39 is 0 Å². The van der Waals surface area contributed by atoms with Gasteiger partial charge in [0.1, 0.15) is 0 Å². The van der Waals surface area contributed by atoms with Crippen LogP contribution in [0.5, 0.6) is 6.01 Å². The van der Waals surface area contributed by atoms with Crippen LogP contribution < -0.4 is 10.3 Å². The lowest BCUT2D eigenvalue weighted by Crippen LogP contribution is -2.43. The Morgan fingerprint density at radius 3 is 2.74 bits per heavy atom. The summed E-state index contributed by atoms with van der Waals surface area (Å²) in [5.74, 6) is -0.124. The van der Waals surface area contributed by atoms with Crippen molar-refractivity contribution in [3.63, 3.8) is 0 Å². The second-order valence-corrected chi connectivity index (χ2v) is 6.81. The topological polar surface area (TPSA) is 76.9 Å². The van der Waals surface area contributed by atoms with E-state index in [1.165, 1.54) is 4.57 Å². The molecule has 1 fully saturated rings. The standard InChI is InChI=1S/C19H26N4O4/c1-21(2)8-5-9-23-18(25)15-6-3-4-7-16(15)20-19(23)27-14-17(24)22-10-12-26-13-11-22/h3-4,6-7H,5,8-14H2,1-2H3. The molecular weight excluding hydrogens is 348 g/mol. The predicted molar refractivity (Wildman–Crippen MR) is 102 cm³/mol. The molecule has 0 radical (unpaired) electrons. The highest BCUT2D eigenvalue weighted by atomic mass is 16.5. The van der Waals surface area contributed by atoms with Crippen LogP contribution >= 0.6 is 0 Å². The molecule has 1 saturated heterocycles. The molecule has 146 valence electrons. The fraction of sp³-hybridized carbons (Fsp3) is 0.526. The Morgan fingerprint density at radius 1 is 1.26 bits per heavy atom. The third-order valence-corrected chi connectivity index (χ3v) is 4.50. The van der Waals surface area contributed by atoms with Crippen LogP contribution in [0.1, 0.15) is 6.42 Å². The van der Waals surface area contributed by atoms with E-state index in [1.807, 2.05) is 26.2 Å². The van der Waals surface area contributed by atoms with Crippen molar-refractivity contribution < 1.29 is 14.3 Å². The predicted octanol–water partition coefficient (Wildman–Crippen LogP) is 0.586. The molecule has 0 bridgehead atoms. The smallest absolute Gasteiger partial charge is 0.300 e. The summed E-state index contributed by atoms with van der Waals surface area (Å²) < 4.78 is 12.5. The first-order valence-corrected chi connectivity index (χ1v) is 9.19. The van der Waals surface area contributed by atoms with Crippen molar-refractivity contribution >= 4 is 16.8 Å². The van der Waals surface area contributed by atoms with E-state index in [2.05, 4.69) is 9.88 Å². The normalized spacial score (nSPS) is 14.7. The summed E-state index contributed by atoms with van der Waals surface area (Å²) in [6.45, 7) is 3.37. The molecule has 1 aromatic carbocycles. The summed E-state index contributed by atoms with van der Waals surface area (Å²) in [7, 11) is 3.97. The molecule has 1 amide bonds. The Hall–Kier alpha value is -2.45. The minimum atomic E-state index is -0.145. The zero-order chi connectivity index (χ0) is 19.2. The molecule has 2 heterocycles. The Kier molecular flexibility index (Phi) is 6.41. The number of hydrogen-bond acceptors (Lipinski definition) is 6. The van der Waals surface area contributed by atoms with Gasteiger partial charge in [-0.25, -0.2) is 0 Å². The maximum Gasteiger partial charge on any atom is 0.300 e. The molecule has 0 atom stereocenters. The minimum absolute atomic E-state index is 0.124. The number of morpholine rings is 1. The molecule has 1 aliphatic rings. The second kappa shape index (κ2) is 8.96. The average Bonchev–Trinajstić information content (AvgIpc) is 2.68. The summed E-state index contributed by atoms with van der Waals surface area (Å²) in [5.41, 5.74) is 0.424. The molecule has 0 N–H and O–H groups in total. The summed E-state index contributed by atoms with van der Waals surface area (Å²) in [5, 5.41) is 0.550. The van der Waals surface area contributed by atoms with Crippen molar-refractivity contribution in [2.45, 2.75) is 13.0 Å². The number of ether oxygens (including phenoxy) is 2. The van der Waals surface area contributed by atoms with E-state index in [4.69, 9.17) is 9.47 Å². The lowest BCUT2D eigenvalue weighted by molar-refractivity contribution is -0.137. The van der Waals surface area contributed by atoms with Gasteiger partial charge in [0.2, 0.25) is 0 Å². The maximum atomic E-state index is 12.9. The van der Waals surface area contributed by atoms with Gasteiger partial charge in [0.05, 0.1) is 24.1 Å². The molecule has 2 aromatic rings. The number of carbonyl (C=O) groups excluding carboxylic acids is 1. The summed E-state index contributed by atoms with van der Waals surface area (Å²) in [6, 6.07) is 7.37. The molecule has 0 saturated carbocycles. The molecule has 1 aliphatic heterocycles. The van der Waals surface area contributed by atoms with Crippen LogP contribution in [0, 0.1) is 0 Å². The quantitative estimate of drug-likeness (QED) is 0.706. The molecular formula is C19H26N4O4. The monoisotopic (exact) mass is 374 g/mol. The average molecular weight is 374 g/mol. The number of amides is 1. The van der Waals surface area contributed by atoms with Crippen LogP contribution in [0.15, 0.2) is 29.1 Å². The molecule has 0 spiro atoms. The Bertz CT molecular complexity index is 843. The van der Waals surface area contributed by atoms with Gasteiger partial charge in [-0.2, -0.15) is 4.98 Å². The van der Waals surface area contributed by atoms with Gasteiger partial charge in [-0.15, -0.1) is 0 Å². The fourth-order valence-corrected chi connectivity index (χ4v) is 3.03. The van der Waals surface area contributed by atoms with Crippen LogP contribution in [0.25, 0.3) is 10.9 Å². The summed E-state index contributed by atoms with van der Waals surface area (Å²) in [4.78, 5) is 33.5. The third kappa shape index (κ3) is 4.84. The first kappa shape index (κ1) is 19.3. The molecule has 27 heavy (non-hydrogen) atoms. The van der Waals surface area contributed by atoms with Gasteiger partial charge in [0.15, 0.2) is 6.61 Å². The van der Waals surface area contributed by atoms with E-state index in [0.717, 1.165) is 13.0 Å². The van der Waals surface area contributed by atoms with Gasteiger partial charge >= 0.3 is 0 Å². The Labute approximate surface area is 158 Å². The molecule has 8 heteroatoms. The lowest BCUT2D eigenvalue weighted by Gasteiger charge is -2.26. The van der Waals surface area contributed by atoms with Crippen molar-refractivity contribution in [2.75, 3.05) is 53.6 Å². The third-order valence-electron chi connectivity index (χ3n) is 4.50. The van der Waals surface area contributed by atoms with Crippen molar-refractivity contribution in [3.8, 4) is 6.01 Å². The number of hydrogen-bond donors (Lipinski definition) is 0. The maximum absolute atomic E-state index is 12.9. The van der Waals surface area contributed by atoms with Crippen molar-refractivity contribution in [1.82, 2.24) is 19.4 Å². The van der Waals surface area contributed by atoms with Crippen LogP contribution in [-0.4, -0.2) is 78.8 Å². The van der Waals surface area contributed by atoms with Gasteiger partial charge in [0, 0.05) is 19.6 Å². The number of carbonyl (C=O) groups is 1. The van der Waals surface area contributed by atoms with E-state index in [9.17, 15) is 9.59 Å². The number of benzene rings is 1. The largest absolute Gasteiger partial charge is 0.454 e. The zero-order valence-electron chi connectivity index (χ0n) is 15.9. The highest BCUT2D eigenvalue weighted by Gasteiger charge is 2.19. The van der Waals surface area contributed by atoms with Gasteiger partial charge in [0.25, 0.3) is 17.5 Å². The molecule has 8 nitrogen and oxygen atoms in total. The van der Waals surface area contributed by atoms with Crippen LogP contribution in [0.3, 0.4) is 0 Å². The summed E-state index contributed by atoms with van der Waals surface area (Å²) in [6.07, 6.45) is 0.778. The van der Waals surface area contributed by atoms with Crippen molar-refractivity contribution in [1.29, 1.82) is 0 Å². The van der Waals surface area contributed by atoms with Gasteiger partial charge in [-0.1, -0.05) is 12.1 Å². The lowest BCUT2D eigenvalue weighted by atomic mass is 10.2. The Balaban J connectivity index is 1.80. The fourth-order valence-electron chi connectivity index (χ4n) is 3.03.